The molecule has 0 aromatic heterocycles. The van der Waals surface area contributed by atoms with Crippen molar-refractivity contribution >= 4 is 69.5 Å². The first-order chi connectivity index (χ1) is 17.4. The highest BCUT2D eigenvalue weighted by molar-refractivity contribution is 7.81. The molecule has 0 saturated carbocycles. The van der Waals surface area contributed by atoms with Crippen LogP contribution in [0.15, 0.2) is 36.4 Å². The first kappa shape index (κ1) is 28.8. The Morgan fingerprint density at radius 1 is 1.08 bits per heavy atom. The van der Waals surface area contributed by atoms with Crippen molar-refractivity contribution in [3.63, 3.8) is 0 Å². The molecule has 3 rings (SSSR count). The van der Waals surface area contributed by atoms with Gasteiger partial charge in [-0.05, 0) is 62.0 Å². The number of anilines is 2. The van der Waals surface area contributed by atoms with Gasteiger partial charge < -0.3 is 25.0 Å². The molecule has 1 fully saturated rings. The molecule has 0 atom stereocenters. The lowest BCUT2D eigenvalue weighted by molar-refractivity contribution is -0.150. The molecule has 1 amide bonds. The van der Waals surface area contributed by atoms with Gasteiger partial charge in [0.25, 0.3) is 5.91 Å². The predicted molar refractivity (Wildman–Crippen MR) is 144 cm³/mol. The molecule has 0 aliphatic carbocycles. The van der Waals surface area contributed by atoms with Gasteiger partial charge in [0.2, 0.25) is 5.69 Å². The smallest absolute Gasteiger partial charge is 0.310 e. The molecule has 0 spiro atoms. The molecule has 1 heterocycles. The minimum Gasteiger partial charge on any atom is -0.465 e. The van der Waals surface area contributed by atoms with Gasteiger partial charge in [-0.15, -0.1) is 0 Å². The molecule has 2 aromatic rings. The van der Waals surface area contributed by atoms with Crippen molar-refractivity contribution in [3.05, 3.63) is 63.4 Å². The number of carbonyl (C=O) groups is 2. The minimum atomic E-state index is -1.35. The fourth-order valence-electron chi connectivity index (χ4n) is 3.74. The number of esters is 1. The van der Waals surface area contributed by atoms with Gasteiger partial charge in [0.15, 0.2) is 5.11 Å². The Morgan fingerprint density at radius 2 is 1.70 bits per heavy atom. The third-order valence-electron chi connectivity index (χ3n) is 6.15. The molecule has 37 heavy (non-hydrogen) atoms. The van der Waals surface area contributed by atoms with E-state index in [1.807, 2.05) is 0 Å². The van der Waals surface area contributed by atoms with E-state index in [0.717, 1.165) is 0 Å². The van der Waals surface area contributed by atoms with Gasteiger partial charge in [-0.25, -0.2) is 4.85 Å². The van der Waals surface area contributed by atoms with E-state index in [1.54, 1.807) is 43.0 Å². The second-order valence-corrected chi connectivity index (χ2v) is 10.3. The fourth-order valence-corrected chi connectivity index (χ4v) is 4.67. The number of aliphatic hydroxyl groups is 3. The number of halogens is 2. The van der Waals surface area contributed by atoms with Crippen molar-refractivity contribution in [2.45, 2.75) is 25.8 Å². The first-order valence-electron chi connectivity index (χ1n) is 11.1. The second-order valence-electron chi connectivity index (χ2n) is 9.15. The van der Waals surface area contributed by atoms with Crippen molar-refractivity contribution in [2.24, 2.45) is 5.41 Å². The summed E-state index contributed by atoms with van der Waals surface area (Å²) in [6.45, 7) is 8.50. The average Bonchev–Trinajstić information content (AvgIpc) is 3.05. The molecule has 3 N–H and O–H groups in total. The molecule has 0 bridgehead atoms. The molecule has 9 nitrogen and oxygen atoms in total. The molecular weight excluding hydrogens is 541 g/mol. The van der Waals surface area contributed by atoms with Crippen LogP contribution in [-0.2, 0) is 20.7 Å². The number of thiocarbonyl (C=S) groups is 1. The number of ether oxygens (including phenoxy) is 1. The molecule has 12 heteroatoms. The number of aliphatic hydroxyl groups excluding tert-OH is 3. The summed E-state index contributed by atoms with van der Waals surface area (Å²) in [6.07, 6.45) is -0.239. The maximum Gasteiger partial charge on any atom is 0.310 e. The highest BCUT2D eigenvalue weighted by atomic mass is 35.5. The van der Waals surface area contributed by atoms with Gasteiger partial charge in [0.05, 0.1) is 43.9 Å². The quantitative estimate of drug-likeness (QED) is 0.240. The summed E-state index contributed by atoms with van der Waals surface area (Å²) >= 11 is 18.2. The first-order valence-corrected chi connectivity index (χ1v) is 12.2. The van der Waals surface area contributed by atoms with E-state index in [9.17, 15) is 24.9 Å². The Balaban J connectivity index is 1.88. The maximum atomic E-state index is 13.4. The minimum absolute atomic E-state index is 0.177. The van der Waals surface area contributed by atoms with Crippen LogP contribution < -0.4 is 9.80 Å². The molecule has 196 valence electrons. The topological polar surface area (TPSA) is 115 Å². The summed E-state index contributed by atoms with van der Waals surface area (Å²) in [4.78, 5) is 32.2. The van der Waals surface area contributed by atoms with Gasteiger partial charge in [0, 0.05) is 15.7 Å². The lowest BCUT2D eigenvalue weighted by Crippen LogP contribution is -2.44. The number of carbonyl (C=O) groups excluding carboxylic acids is 2. The van der Waals surface area contributed by atoms with Gasteiger partial charge >= 0.3 is 5.97 Å². The molecule has 0 radical (unpaired) electrons. The highest BCUT2D eigenvalue weighted by Crippen LogP contribution is 2.39. The zero-order chi connectivity index (χ0) is 27.5. The summed E-state index contributed by atoms with van der Waals surface area (Å²) < 4.78 is 5.18. The van der Waals surface area contributed by atoms with Crippen LogP contribution >= 0.6 is 35.4 Å². The Morgan fingerprint density at radius 3 is 2.27 bits per heavy atom. The summed E-state index contributed by atoms with van der Waals surface area (Å²) in [5, 5.41) is 28.9. The molecular formula is C25H25Cl2N3O6S. The van der Waals surface area contributed by atoms with E-state index in [1.165, 1.54) is 17.0 Å². The van der Waals surface area contributed by atoms with Gasteiger partial charge in [-0.3, -0.25) is 14.5 Å². The lowest BCUT2D eigenvalue weighted by atomic mass is 9.92. The van der Waals surface area contributed by atoms with E-state index in [-0.39, 0.29) is 39.8 Å². The van der Waals surface area contributed by atoms with E-state index in [0.29, 0.717) is 16.9 Å². The standard InChI is InChI=1S/C25H25Cl2N3O6S/c1-24(2)22(35)29(16-5-7-20(28-3)19(27)10-16)23(37)30(24)17-4-6-18(26)15(8-17)9-21(34)36-14-25(11-31,12-32)13-33/h4-8,10,31-33H,9,11-14H2,1-2H3. The van der Waals surface area contributed by atoms with Gasteiger partial charge in [-0.2, -0.15) is 0 Å². The summed E-state index contributed by atoms with van der Waals surface area (Å²) in [5.74, 6) is -0.998. The maximum absolute atomic E-state index is 13.4. The Bertz CT molecular complexity index is 1270. The van der Waals surface area contributed by atoms with Crippen LogP contribution in [0.5, 0.6) is 0 Å². The average molecular weight is 566 g/mol. The van der Waals surface area contributed by atoms with Crippen LogP contribution in [0, 0.1) is 12.0 Å². The zero-order valence-corrected chi connectivity index (χ0v) is 22.4. The van der Waals surface area contributed by atoms with Crippen LogP contribution in [0.2, 0.25) is 10.0 Å². The predicted octanol–water partition coefficient (Wildman–Crippen LogP) is 3.51. The SMILES string of the molecule is [C-]#[N+]c1ccc(N2C(=O)C(C)(C)N(c3ccc(Cl)c(CC(=O)OCC(CO)(CO)CO)c3)C2=S)cc1Cl. The van der Waals surface area contributed by atoms with E-state index in [4.69, 9.17) is 46.7 Å². The van der Waals surface area contributed by atoms with Crippen LogP contribution in [0.3, 0.4) is 0 Å². The van der Waals surface area contributed by atoms with Crippen molar-refractivity contribution in [2.75, 3.05) is 36.2 Å². The van der Waals surface area contributed by atoms with Crippen LogP contribution in [0.4, 0.5) is 17.1 Å². The number of hydrogen-bond donors (Lipinski definition) is 3. The van der Waals surface area contributed by atoms with Crippen LogP contribution in [-0.4, -0.2) is 64.3 Å². The number of nitrogens with zero attached hydrogens (tertiary/aromatic N) is 3. The summed E-state index contributed by atoms with van der Waals surface area (Å²) in [6, 6.07) is 9.49. The van der Waals surface area contributed by atoms with Crippen molar-refractivity contribution in [1.82, 2.24) is 0 Å². The molecule has 0 unspecified atom stereocenters. The fraction of sp³-hybridized carbons (Fsp3) is 0.360. The number of amides is 1. The lowest BCUT2D eigenvalue weighted by Gasteiger charge is -2.30. The Labute approximate surface area is 229 Å². The normalized spacial score (nSPS) is 15.2. The van der Waals surface area contributed by atoms with Gasteiger partial charge in [0.1, 0.15) is 12.1 Å². The largest absolute Gasteiger partial charge is 0.465 e. The van der Waals surface area contributed by atoms with Crippen LogP contribution in [0.1, 0.15) is 19.4 Å². The van der Waals surface area contributed by atoms with Crippen molar-refractivity contribution < 1.29 is 29.6 Å². The zero-order valence-electron chi connectivity index (χ0n) is 20.1. The van der Waals surface area contributed by atoms with E-state index < -0.39 is 36.7 Å². The molecule has 2 aromatic carbocycles. The molecule has 1 aliphatic rings. The monoisotopic (exact) mass is 565 g/mol. The third-order valence-corrected chi connectivity index (χ3v) is 7.18. The van der Waals surface area contributed by atoms with Gasteiger partial charge in [-0.1, -0.05) is 29.3 Å². The number of hydrogen-bond acceptors (Lipinski definition) is 7. The highest BCUT2D eigenvalue weighted by Gasteiger charge is 2.50. The third kappa shape index (κ3) is 5.57. The molecule has 1 saturated heterocycles. The Hall–Kier alpha value is -2.78. The number of benzene rings is 2. The van der Waals surface area contributed by atoms with E-state index in [2.05, 4.69) is 4.85 Å². The Kier molecular flexibility index (Phi) is 8.80. The van der Waals surface area contributed by atoms with Crippen molar-refractivity contribution in [3.8, 4) is 0 Å². The van der Waals surface area contributed by atoms with E-state index >= 15 is 0 Å². The number of rotatable bonds is 9. The van der Waals surface area contributed by atoms with Crippen LogP contribution in [0.25, 0.3) is 4.85 Å². The van der Waals surface area contributed by atoms with Crippen molar-refractivity contribution in [1.29, 1.82) is 0 Å². The second kappa shape index (κ2) is 11.3. The summed E-state index contributed by atoms with van der Waals surface area (Å²) in [7, 11) is 0. The molecule has 1 aliphatic heterocycles. The summed E-state index contributed by atoms with van der Waals surface area (Å²) in [5.41, 5.74) is -0.870.